The molecule has 0 saturated heterocycles. The number of carbonyl (C=O) groups excluding carboxylic acids is 3. The van der Waals surface area contributed by atoms with E-state index in [1.165, 1.54) is 44.6 Å². The Hall–Kier alpha value is -2.87. The van der Waals surface area contributed by atoms with E-state index < -0.39 is 59.3 Å². The molecule has 0 spiro atoms. The molecule has 2 amide bonds. The molecule has 3 radical (unpaired) electrons. The Labute approximate surface area is 338 Å². The van der Waals surface area contributed by atoms with Gasteiger partial charge in [-0.05, 0) is 40.8 Å². The molecule has 0 saturated carbocycles. The zero-order valence-corrected chi connectivity index (χ0v) is 34.3. The first-order valence-corrected chi connectivity index (χ1v) is 15.8. The second-order valence-corrected chi connectivity index (χ2v) is 13.3. The van der Waals surface area contributed by atoms with Crippen molar-refractivity contribution in [3.8, 4) is 11.5 Å². The summed E-state index contributed by atoms with van der Waals surface area (Å²) in [4.78, 5) is 36.1. The van der Waals surface area contributed by atoms with Gasteiger partial charge in [0, 0.05) is 35.2 Å². The van der Waals surface area contributed by atoms with E-state index in [1.54, 1.807) is 53.7 Å². The number of Topliss-reactive ketones (excluding diaryl/α,β-unsaturated/α-hetero) is 1. The zero-order chi connectivity index (χ0) is 40.5. The first-order valence-electron chi connectivity index (χ1n) is 15.8. The third-order valence-electron chi connectivity index (χ3n) is 6.86. The van der Waals surface area contributed by atoms with Crippen molar-refractivity contribution in [3.63, 3.8) is 0 Å². The van der Waals surface area contributed by atoms with Crippen LogP contribution in [-0.2, 0) is 23.9 Å². The van der Waals surface area contributed by atoms with Crippen LogP contribution in [0.5, 0.6) is 11.5 Å². The number of rotatable bonds is 14. The predicted octanol–water partition coefficient (Wildman–Crippen LogP) is 2.92. The van der Waals surface area contributed by atoms with Crippen molar-refractivity contribution in [3.05, 3.63) is 59.7 Å². The largest absolute Gasteiger partial charge is 1.00 e. The van der Waals surface area contributed by atoms with Gasteiger partial charge in [0.25, 0.3) is 0 Å². The molecule has 2 aromatic rings. The number of aliphatic hydroxyl groups excluding tert-OH is 2. The molecule has 1 unspecified atom stereocenters. The summed E-state index contributed by atoms with van der Waals surface area (Å²) in [6.45, 7) is 10.6. The standard InChI is InChI=1S/C17H24F3NO4.C17H22F3NO4.CH4O.B.Na.H/c2*1-16(2,3)14(22)9-15(23)21-13(10-24-4)11-6-5-7-12(8-11)25-17(18,19)20;1-2;;;/h5-8,13-14,22H,9-10H2,1-4H3,(H,21,23);5-8,13H,9-10H2,1-4H3,(H,21,23);2H,1H3;;;/q;;;;+1;-1/t13-,14?;13-;;;;/m00..../s1. The van der Waals surface area contributed by atoms with Gasteiger partial charge in [0.2, 0.25) is 11.8 Å². The van der Waals surface area contributed by atoms with Crippen molar-refractivity contribution in [2.24, 2.45) is 10.8 Å². The topological polar surface area (TPSA) is 153 Å². The summed E-state index contributed by atoms with van der Waals surface area (Å²) in [7, 11) is 3.81. The van der Waals surface area contributed by atoms with E-state index in [4.69, 9.17) is 14.6 Å². The predicted molar refractivity (Wildman–Crippen MR) is 186 cm³/mol. The number of methoxy groups -OCH3 is 2. The van der Waals surface area contributed by atoms with Crippen LogP contribution in [0.2, 0.25) is 0 Å². The van der Waals surface area contributed by atoms with E-state index >= 15 is 0 Å². The molecule has 301 valence electrons. The van der Waals surface area contributed by atoms with Crippen molar-refractivity contribution in [1.29, 1.82) is 0 Å². The molecule has 0 aliphatic carbocycles. The molecule has 11 nitrogen and oxygen atoms in total. The maximum absolute atomic E-state index is 12.3. The first-order chi connectivity index (χ1) is 23.8. The fraction of sp³-hybridized carbons (Fsp3) is 0.571. The molecule has 0 aromatic heterocycles. The number of nitrogens with one attached hydrogen (secondary N) is 2. The van der Waals surface area contributed by atoms with Crippen LogP contribution in [0.15, 0.2) is 48.5 Å². The third-order valence-corrected chi connectivity index (χ3v) is 6.86. The van der Waals surface area contributed by atoms with Crippen LogP contribution >= 0.6 is 0 Å². The van der Waals surface area contributed by atoms with Crippen molar-refractivity contribution in [1.82, 2.24) is 10.6 Å². The number of carbonyl (C=O) groups is 3. The molecule has 0 heterocycles. The molecule has 0 bridgehead atoms. The minimum absolute atomic E-state index is 0. The van der Waals surface area contributed by atoms with Gasteiger partial charge in [-0.3, -0.25) is 14.4 Å². The fourth-order valence-corrected chi connectivity index (χ4v) is 4.02. The third kappa shape index (κ3) is 23.8. The van der Waals surface area contributed by atoms with E-state index in [0.717, 1.165) is 13.2 Å². The Morgan fingerprint density at radius 1 is 0.722 bits per heavy atom. The number of ether oxygens (including phenoxy) is 4. The van der Waals surface area contributed by atoms with Crippen molar-refractivity contribution in [2.45, 2.75) is 85.3 Å². The molecule has 0 fully saturated rings. The average Bonchev–Trinajstić information content (AvgIpc) is 2.99. The monoisotopic (exact) mass is 791 g/mol. The molecule has 0 aliphatic heterocycles. The van der Waals surface area contributed by atoms with Gasteiger partial charge in [0.1, 0.15) is 17.3 Å². The van der Waals surface area contributed by atoms with Gasteiger partial charge in [-0.2, -0.15) is 0 Å². The molecule has 0 aliphatic rings. The summed E-state index contributed by atoms with van der Waals surface area (Å²) in [5.74, 6) is -1.97. The van der Waals surface area contributed by atoms with Gasteiger partial charge in [-0.25, -0.2) is 0 Å². The Balaban J connectivity index is -0.000000430. The fourth-order valence-electron chi connectivity index (χ4n) is 4.02. The number of hydrogen-bond acceptors (Lipinski definition) is 9. The summed E-state index contributed by atoms with van der Waals surface area (Å²) in [6, 6.07) is 9.20. The quantitative estimate of drug-likeness (QED) is 0.129. The smallest absolute Gasteiger partial charge is 1.00 e. The molecular formula is C35H51BF6N2NaO9. The molecule has 2 rings (SSSR count). The Morgan fingerprint density at radius 3 is 1.41 bits per heavy atom. The number of benzene rings is 2. The number of alkyl halides is 6. The number of aliphatic hydroxyl groups is 2. The zero-order valence-electron chi connectivity index (χ0n) is 33.3. The van der Waals surface area contributed by atoms with Gasteiger partial charge in [-0.1, -0.05) is 65.8 Å². The molecular weight excluding hydrogens is 740 g/mol. The first kappa shape index (κ1) is 55.5. The van der Waals surface area contributed by atoms with Gasteiger partial charge < -0.3 is 41.2 Å². The molecule has 4 N–H and O–H groups in total. The minimum atomic E-state index is -4.81. The van der Waals surface area contributed by atoms with Crippen LogP contribution in [0.1, 0.15) is 79.0 Å². The van der Waals surface area contributed by atoms with Crippen molar-refractivity contribution in [2.75, 3.05) is 34.5 Å². The maximum atomic E-state index is 12.3. The normalized spacial score (nSPS) is 13.1. The number of hydrogen-bond donors (Lipinski definition) is 4. The van der Waals surface area contributed by atoms with Crippen LogP contribution in [0.25, 0.3) is 0 Å². The summed E-state index contributed by atoms with van der Waals surface area (Å²) in [5.41, 5.74) is -0.342. The Kier molecular flexibility index (Phi) is 26.0. The van der Waals surface area contributed by atoms with Gasteiger partial charge in [-0.15, -0.1) is 26.3 Å². The summed E-state index contributed by atoms with van der Waals surface area (Å²) >= 11 is 0. The van der Waals surface area contributed by atoms with Gasteiger partial charge >= 0.3 is 42.3 Å². The molecule has 19 heteroatoms. The summed E-state index contributed by atoms with van der Waals surface area (Å²) < 4.78 is 91.8. The van der Waals surface area contributed by atoms with E-state index in [2.05, 4.69) is 20.1 Å². The minimum Gasteiger partial charge on any atom is -1.00 e. The summed E-state index contributed by atoms with van der Waals surface area (Å²) in [6.07, 6.45) is -10.9. The van der Waals surface area contributed by atoms with E-state index in [9.17, 15) is 45.8 Å². The number of amides is 2. The molecule has 3 atom stereocenters. The maximum Gasteiger partial charge on any atom is 1.00 e. The summed E-state index contributed by atoms with van der Waals surface area (Å²) in [5, 5.41) is 22.3. The SMILES string of the molecule is CO.COC[C@H](NC(=O)CC(=O)C(C)(C)C)c1cccc(OC(F)(F)F)c1.COC[C@H](NC(=O)CC(O)C(C)(C)C)c1cccc(OC(F)(F)F)c1.[B].[H-].[Na+]. The van der Waals surface area contributed by atoms with Crippen LogP contribution in [0.4, 0.5) is 26.3 Å². The second-order valence-electron chi connectivity index (χ2n) is 13.3. The average molecular weight is 792 g/mol. The van der Waals surface area contributed by atoms with E-state index in [1.807, 2.05) is 0 Å². The Bertz CT molecular complexity index is 1410. The van der Waals surface area contributed by atoms with Crippen LogP contribution in [0.3, 0.4) is 0 Å². The second kappa shape index (κ2) is 25.3. The molecule has 54 heavy (non-hydrogen) atoms. The molecule has 2 aromatic carbocycles. The van der Waals surface area contributed by atoms with Gasteiger partial charge in [0.15, 0.2) is 0 Å². The van der Waals surface area contributed by atoms with Crippen molar-refractivity contribution < 1.29 is 101 Å². The number of halogens is 6. The van der Waals surface area contributed by atoms with E-state index in [0.29, 0.717) is 11.1 Å². The van der Waals surface area contributed by atoms with E-state index in [-0.39, 0.29) is 77.0 Å². The van der Waals surface area contributed by atoms with Gasteiger partial charge in [0.05, 0.1) is 44.2 Å². The Morgan fingerprint density at radius 2 is 1.09 bits per heavy atom. The van der Waals surface area contributed by atoms with Crippen LogP contribution in [-0.4, -0.2) is 89.6 Å². The van der Waals surface area contributed by atoms with Crippen molar-refractivity contribution >= 4 is 26.0 Å². The van der Waals surface area contributed by atoms with Crippen LogP contribution in [0, 0.1) is 10.8 Å². The van der Waals surface area contributed by atoms with Crippen LogP contribution < -0.4 is 49.7 Å². The number of ketones is 1.